The monoisotopic (exact) mass is 559 g/mol. The number of hydrogen-bond donors (Lipinski definition) is 1. The lowest BCUT2D eigenvalue weighted by Gasteiger charge is -2.14. The molecular weight excluding hydrogens is 540 g/mol. The molecule has 0 saturated heterocycles. The van der Waals surface area contributed by atoms with Gasteiger partial charge in [0.25, 0.3) is 5.56 Å². The lowest BCUT2D eigenvalue weighted by atomic mass is 10.2. The normalized spacial score (nSPS) is 11.2. The van der Waals surface area contributed by atoms with Gasteiger partial charge in [0.2, 0.25) is 0 Å². The van der Waals surface area contributed by atoms with E-state index in [-0.39, 0.29) is 12.4 Å². The Labute approximate surface area is 201 Å². The number of nitrogens with zero attached hydrogens (tertiary/aromatic N) is 2. The molecule has 1 heterocycles. The maximum atomic E-state index is 13.1. The molecule has 0 fully saturated rings. The topological polar surface area (TPSA) is 85.7 Å². The van der Waals surface area contributed by atoms with E-state index in [4.69, 9.17) is 9.47 Å². The molecule has 4 rings (SSSR count). The summed E-state index contributed by atoms with van der Waals surface area (Å²) < 4.78 is 26.3. The number of nitrogens with one attached hydrogen (secondary N) is 1. The average molecular weight is 559 g/mol. The van der Waals surface area contributed by atoms with Gasteiger partial charge in [-0.1, -0.05) is 24.3 Å². The third-order valence-electron chi connectivity index (χ3n) is 4.73. The summed E-state index contributed by atoms with van der Waals surface area (Å²) in [7, 11) is 0. The molecule has 9 heteroatoms. The van der Waals surface area contributed by atoms with Gasteiger partial charge in [-0.3, -0.25) is 4.79 Å². The molecule has 0 amide bonds. The van der Waals surface area contributed by atoms with Crippen LogP contribution in [0.4, 0.5) is 4.39 Å². The largest absolute Gasteiger partial charge is 0.490 e. The molecule has 0 radical (unpaired) electrons. The van der Waals surface area contributed by atoms with Crippen LogP contribution in [0.1, 0.15) is 18.1 Å². The van der Waals surface area contributed by atoms with E-state index in [1.165, 1.54) is 18.3 Å². The predicted molar refractivity (Wildman–Crippen MR) is 133 cm³/mol. The summed E-state index contributed by atoms with van der Waals surface area (Å²) in [6, 6.07) is 16.3. The number of aromatic amines is 1. The van der Waals surface area contributed by atoms with Crippen LogP contribution in [0.5, 0.6) is 11.5 Å². The Balaban J connectivity index is 1.64. The van der Waals surface area contributed by atoms with Gasteiger partial charge in [0.15, 0.2) is 11.5 Å². The van der Waals surface area contributed by atoms with Gasteiger partial charge < -0.3 is 14.5 Å². The smallest absolute Gasteiger partial charge is 0.349 e. The van der Waals surface area contributed by atoms with E-state index in [9.17, 15) is 14.0 Å². The van der Waals surface area contributed by atoms with Crippen molar-refractivity contribution in [2.45, 2.75) is 13.5 Å². The van der Waals surface area contributed by atoms with Crippen molar-refractivity contribution in [2.24, 2.45) is 5.10 Å². The predicted octanol–water partition coefficient (Wildman–Crippen LogP) is 4.29. The van der Waals surface area contributed by atoms with Crippen LogP contribution in [0.2, 0.25) is 0 Å². The highest BCUT2D eigenvalue weighted by atomic mass is 127. The van der Waals surface area contributed by atoms with Crippen molar-refractivity contribution in [3.63, 3.8) is 0 Å². The molecule has 0 unspecified atom stereocenters. The van der Waals surface area contributed by atoms with Crippen LogP contribution in [0.15, 0.2) is 75.4 Å². The van der Waals surface area contributed by atoms with Crippen LogP contribution in [0, 0.1) is 9.39 Å². The summed E-state index contributed by atoms with van der Waals surface area (Å²) in [6.07, 6.45) is 1.42. The second-order valence-electron chi connectivity index (χ2n) is 7.02. The summed E-state index contributed by atoms with van der Waals surface area (Å²) in [5.41, 5.74) is 0.750. The van der Waals surface area contributed by atoms with Gasteiger partial charge in [-0.05, 0) is 77.0 Å². The molecule has 0 aliphatic carbocycles. The van der Waals surface area contributed by atoms with E-state index in [0.717, 1.165) is 13.8 Å². The Morgan fingerprint density at radius 2 is 1.85 bits per heavy atom. The van der Waals surface area contributed by atoms with E-state index in [0.29, 0.717) is 34.6 Å². The molecule has 3 aromatic carbocycles. The highest BCUT2D eigenvalue weighted by Gasteiger charge is 2.13. The lowest BCUT2D eigenvalue weighted by Crippen LogP contribution is -2.32. The summed E-state index contributed by atoms with van der Waals surface area (Å²) >= 11 is 2.12. The maximum absolute atomic E-state index is 13.1. The first-order valence-corrected chi connectivity index (χ1v) is 11.2. The first-order chi connectivity index (χ1) is 16.0. The number of fused-ring (bicyclic) bond motifs is 1. The third-order valence-corrected chi connectivity index (χ3v) is 5.54. The highest BCUT2D eigenvalue weighted by Crippen LogP contribution is 2.34. The van der Waals surface area contributed by atoms with Gasteiger partial charge in [-0.2, -0.15) is 5.10 Å². The van der Waals surface area contributed by atoms with Crippen LogP contribution in [0.3, 0.4) is 0 Å². The van der Waals surface area contributed by atoms with Gasteiger partial charge in [-0.25, -0.2) is 9.18 Å². The average Bonchev–Trinajstić information content (AvgIpc) is 2.80. The Hall–Kier alpha value is -3.47. The Morgan fingerprint density at radius 1 is 1.09 bits per heavy atom. The SMILES string of the molecule is CCOc1cc(C=Nn2c(=O)[nH]c3ccccc3c2=O)cc(I)c1OCc1ccc(F)cc1. The zero-order valence-corrected chi connectivity index (χ0v) is 19.7. The lowest BCUT2D eigenvalue weighted by molar-refractivity contribution is 0.267. The van der Waals surface area contributed by atoms with E-state index in [2.05, 4.69) is 32.7 Å². The highest BCUT2D eigenvalue weighted by molar-refractivity contribution is 14.1. The fraction of sp³-hybridized carbons (Fsp3) is 0.125. The molecule has 0 atom stereocenters. The number of para-hydroxylation sites is 1. The number of halogens is 2. The molecule has 0 aliphatic rings. The Morgan fingerprint density at radius 3 is 2.61 bits per heavy atom. The van der Waals surface area contributed by atoms with Gasteiger partial charge in [-0.15, -0.1) is 4.68 Å². The van der Waals surface area contributed by atoms with E-state index in [1.807, 2.05) is 6.92 Å². The molecule has 0 spiro atoms. The summed E-state index contributed by atoms with van der Waals surface area (Å²) in [5, 5.41) is 4.46. The summed E-state index contributed by atoms with van der Waals surface area (Å²) in [6.45, 7) is 2.50. The Kier molecular flexibility index (Phi) is 6.87. The molecule has 0 aliphatic heterocycles. The minimum absolute atomic E-state index is 0.242. The quantitative estimate of drug-likeness (QED) is 0.271. The van der Waals surface area contributed by atoms with Crippen molar-refractivity contribution in [3.05, 3.63) is 102 Å². The number of ether oxygens (including phenoxy) is 2. The van der Waals surface area contributed by atoms with Gasteiger partial charge in [0.05, 0.1) is 27.3 Å². The van der Waals surface area contributed by atoms with Gasteiger partial charge in [0, 0.05) is 0 Å². The third kappa shape index (κ3) is 5.14. The molecule has 0 bridgehead atoms. The van der Waals surface area contributed by atoms with Crippen LogP contribution in [0.25, 0.3) is 10.9 Å². The van der Waals surface area contributed by atoms with Crippen molar-refractivity contribution >= 4 is 39.7 Å². The second-order valence-corrected chi connectivity index (χ2v) is 8.18. The molecule has 7 nitrogen and oxygen atoms in total. The van der Waals surface area contributed by atoms with Crippen molar-refractivity contribution in [1.29, 1.82) is 0 Å². The van der Waals surface area contributed by atoms with E-state index >= 15 is 0 Å². The molecule has 1 aromatic heterocycles. The first kappa shape index (κ1) is 22.7. The molecule has 1 N–H and O–H groups in total. The van der Waals surface area contributed by atoms with Crippen molar-refractivity contribution in [2.75, 3.05) is 6.61 Å². The van der Waals surface area contributed by atoms with Crippen molar-refractivity contribution < 1.29 is 13.9 Å². The number of benzene rings is 3. The number of rotatable bonds is 7. The second kappa shape index (κ2) is 9.99. The minimum atomic E-state index is -0.631. The van der Waals surface area contributed by atoms with E-state index < -0.39 is 11.2 Å². The summed E-state index contributed by atoms with van der Waals surface area (Å²) in [5.74, 6) is 0.726. The van der Waals surface area contributed by atoms with Crippen LogP contribution >= 0.6 is 22.6 Å². The van der Waals surface area contributed by atoms with Gasteiger partial charge in [0.1, 0.15) is 12.4 Å². The zero-order chi connectivity index (χ0) is 23.4. The summed E-state index contributed by atoms with van der Waals surface area (Å²) in [4.78, 5) is 27.6. The minimum Gasteiger partial charge on any atom is -0.490 e. The van der Waals surface area contributed by atoms with Gasteiger partial charge >= 0.3 is 5.69 Å². The zero-order valence-electron chi connectivity index (χ0n) is 17.5. The van der Waals surface area contributed by atoms with Crippen LogP contribution < -0.4 is 20.7 Å². The molecule has 168 valence electrons. The fourth-order valence-electron chi connectivity index (χ4n) is 3.18. The van der Waals surface area contributed by atoms with Crippen molar-refractivity contribution in [3.8, 4) is 11.5 Å². The van der Waals surface area contributed by atoms with Crippen LogP contribution in [-0.2, 0) is 6.61 Å². The number of H-pyrrole nitrogens is 1. The first-order valence-electron chi connectivity index (χ1n) is 10.1. The van der Waals surface area contributed by atoms with E-state index in [1.54, 1.807) is 48.5 Å². The number of aromatic nitrogens is 2. The molecular formula is C24H19FIN3O4. The fourth-order valence-corrected chi connectivity index (χ4v) is 3.97. The van der Waals surface area contributed by atoms with Crippen molar-refractivity contribution in [1.82, 2.24) is 9.66 Å². The van der Waals surface area contributed by atoms with Crippen LogP contribution in [-0.4, -0.2) is 22.5 Å². The maximum Gasteiger partial charge on any atom is 0.349 e. The molecule has 0 saturated carbocycles. The number of hydrogen-bond acceptors (Lipinski definition) is 5. The molecule has 4 aromatic rings. The Bertz CT molecular complexity index is 1450. The standard InChI is InChI=1S/C24H19FIN3O4/c1-2-32-21-12-16(11-19(26)22(21)33-14-15-7-9-17(25)10-8-15)13-27-29-23(30)18-5-3-4-6-20(18)28-24(29)31/h3-13H,2,14H2,1H3,(H,28,31). The molecule has 33 heavy (non-hydrogen) atoms.